The standard InChI is InChI=1S/C17H27NO2/c1-4-11-18-16(15-8-6-5-7-14(15)2)17(19-3)9-12-20-13-10-17/h5-8,16,18H,4,9-13H2,1-3H3. The summed E-state index contributed by atoms with van der Waals surface area (Å²) in [5.41, 5.74) is 2.52. The van der Waals surface area contributed by atoms with Gasteiger partial charge in [-0.25, -0.2) is 0 Å². The molecule has 112 valence electrons. The molecule has 20 heavy (non-hydrogen) atoms. The Bertz CT molecular complexity index is 413. The third-order valence-corrected chi connectivity index (χ3v) is 4.37. The highest BCUT2D eigenvalue weighted by atomic mass is 16.5. The van der Waals surface area contributed by atoms with Gasteiger partial charge in [0.1, 0.15) is 0 Å². The van der Waals surface area contributed by atoms with Crippen LogP contribution in [0.2, 0.25) is 0 Å². The molecule has 0 saturated carbocycles. The van der Waals surface area contributed by atoms with E-state index in [9.17, 15) is 0 Å². The van der Waals surface area contributed by atoms with Gasteiger partial charge in [0.15, 0.2) is 0 Å². The first kappa shape index (κ1) is 15.5. The fraction of sp³-hybridized carbons (Fsp3) is 0.647. The summed E-state index contributed by atoms with van der Waals surface area (Å²) in [7, 11) is 1.84. The lowest BCUT2D eigenvalue weighted by Gasteiger charge is -2.43. The molecule has 3 heteroatoms. The molecular weight excluding hydrogens is 250 g/mol. The van der Waals surface area contributed by atoms with Crippen molar-refractivity contribution in [3.05, 3.63) is 35.4 Å². The molecule has 2 rings (SSSR count). The van der Waals surface area contributed by atoms with Crippen molar-refractivity contribution in [1.29, 1.82) is 0 Å². The molecule has 0 spiro atoms. The third-order valence-electron chi connectivity index (χ3n) is 4.37. The van der Waals surface area contributed by atoms with E-state index in [4.69, 9.17) is 9.47 Å². The Labute approximate surface area is 122 Å². The van der Waals surface area contributed by atoms with E-state index in [2.05, 4.69) is 43.4 Å². The van der Waals surface area contributed by atoms with Gasteiger partial charge in [-0.3, -0.25) is 0 Å². The zero-order valence-corrected chi connectivity index (χ0v) is 12.9. The minimum Gasteiger partial charge on any atom is -0.381 e. The Kier molecular flexibility index (Phi) is 5.58. The van der Waals surface area contributed by atoms with Gasteiger partial charge >= 0.3 is 0 Å². The molecule has 0 aliphatic carbocycles. The van der Waals surface area contributed by atoms with E-state index in [0.717, 1.165) is 39.0 Å². The number of hydrogen-bond acceptors (Lipinski definition) is 3. The molecule has 1 atom stereocenters. The van der Waals surface area contributed by atoms with E-state index in [1.165, 1.54) is 11.1 Å². The van der Waals surface area contributed by atoms with Gasteiger partial charge in [-0.15, -0.1) is 0 Å². The number of aryl methyl sites for hydroxylation is 1. The van der Waals surface area contributed by atoms with Crippen LogP contribution in [0, 0.1) is 6.92 Å². The summed E-state index contributed by atoms with van der Waals surface area (Å²) in [5.74, 6) is 0. The molecule has 1 aromatic carbocycles. The summed E-state index contributed by atoms with van der Waals surface area (Å²) in [5, 5.41) is 3.71. The first-order valence-corrected chi connectivity index (χ1v) is 7.65. The lowest BCUT2D eigenvalue weighted by atomic mass is 9.80. The topological polar surface area (TPSA) is 30.5 Å². The summed E-state index contributed by atoms with van der Waals surface area (Å²) in [4.78, 5) is 0. The molecule has 0 aromatic heterocycles. The van der Waals surface area contributed by atoms with E-state index in [0.29, 0.717) is 0 Å². The van der Waals surface area contributed by atoms with Gasteiger partial charge in [-0.05, 0) is 31.0 Å². The molecule has 3 nitrogen and oxygen atoms in total. The van der Waals surface area contributed by atoms with Gasteiger partial charge in [0.25, 0.3) is 0 Å². The molecule has 1 fully saturated rings. The van der Waals surface area contributed by atoms with Crippen LogP contribution in [0.25, 0.3) is 0 Å². The highest BCUT2D eigenvalue weighted by Gasteiger charge is 2.41. The van der Waals surface area contributed by atoms with E-state index >= 15 is 0 Å². The van der Waals surface area contributed by atoms with Crippen LogP contribution in [0.15, 0.2) is 24.3 Å². The lowest BCUT2D eigenvalue weighted by Crippen LogP contribution is -2.49. The highest BCUT2D eigenvalue weighted by Crippen LogP contribution is 2.38. The van der Waals surface area contributed by atoms with Crippen molar-refractivity contribution in [1.82, 2.24) is 5.32 Å². The quantitative estimate of drug-likeness (QED) is 0.866. The summed E-state index contributed by atoms with van der Waals surface area (Å²) in [6.45, 7) is 6.95. The average Bonchev–Trinajstić information content (AvgIpc) is 2.50. The number of ether oxygens (including phenoxy) is 2. The SMILES string of the molecule is CCCNC(c1ccccc1C)C1(OC)CCOCC1. The van der Waals surface area contributed by atoms with Crippen LogP contribution in [-0.4, -0.2) is 32.5 Å². The van der Waals surface area contributed by atoms with E-state index in [1.54, 1.807) is 0 Å². The van der Waals surface area contributed by atoms with Gasteiger partial charge in [0, 0.05) is 33.2 Å². The van der Waals surface area contributed by atoms with Crippen LogP contribution in [-0.2, 0) is 9.47 Å². The number of nitrogens with one attached hydrogen (secondary N) is 1. The maximum atomic E-state index is 6.00. The molecule has 0 radical (unpaired) electrons. The first-order chi connectivity index (χ1) is 9.73. The maximum Gasteiger partial charge on any atom is 0.0916 e. The number of hydrogen-bond donors (Lipinski definition) is 1. The number of benzene rings is 1. The number of rotatable bonds is 6. The fourth-order valence-corrected chi connectivity index (χ4v) is 3.11. The fourth-order valence-electron chi connectivity index (χ4n) is 3.11. The second kappa shape index (κ2) is 7.21. The Morgan fingerprint density at radius 2 is 2.00 bits per heavy atom. The average molecular weight is 277 g/mol. The van der Waals surface area contributed by atoms with Gasteiger partial charge in [0.05, 0.1) is 11.6 Å². The highest BCUT2D eigenvalue weighted by molar-refractivity contribution is 5.31. The van der Waals surface area contributed by atoms with Crippen molar-refractivity contribution >= 4 is 0 Å². The van der Waals surface area contributed by atoms with Gasteiger partial charge in [-0.2, -0.15) is 0 Å². The zero-order valence-electron chi connectivity index (χ0n) is 12.9. The normalized spacial score (nSPS) is 19.8. The van der Waals surface area contributed by atoms with Crippen molar-refractivity contribution in [2.24, 2.45) is 0 Å². The molecule has 0 bridgehead atoms. The smallest absolute Gasteiger partial charge is 0.0916 e. The summed E-state index contributed by atoms with van der Waals surface area (Å²) < 4.78 is 11.5. The van der Waals surface area contributed by atoms with Crippen LogP contribution in [0.1, 0.15) is 43.4 Å². The number of methoxy groups -OCH3 is 1. The summed E-state index contributed by atoms with van der Waals surface area (Å²) in [6.07, 6.45) is 3.01. The Balaban J connectivity index is 2.33. The Morgan fingerprint density at radius 1 is 1.30 bits per heavy atom. The third kappa shape index (κ3) is 3.22. The molecule has 1 aliphatic rings. The minimum atomic E-state index is -0.153. The molecule has 1 saturated heterocycles. The minimum absolute atomic E-state index is 0.153. The van der Waals surface area contributed by atoms with Crippen LogP contribution in [0.5, 0.6) is 0 Å². The molecule has 1 aromatic rings. The molecule has 1 heterocycles. The van der Waals surface area contributed by atoms with Gasteiger partial charge < -0.3 is 14.8 Å². The molecule has 1 N–H and O–H groups in total. The van der Waals surface area contributed by atoms with Crippen molar-refractivity contribution in [3.63, 3.8) is 0 Å². The Hall–Kier alpha value is -0.900. The summed E-state index contributed by atoms with van der Waals surface area (Å²) >= 11 is 0. The van der Waals surface area contributed by atoms with Gasteiger partial charge in [0.2, 0.25) is 0 Å². The van der Waals surface area contributed by atoms with Crippen LogP contribution >= 0.6 is 0 Å². The van der Waals surface area contributed by atoms with Crippen molar-refractivity contribution in [2.75, 3.05) is 26.9 Å². The molecule has 1 unspecified atom stereocenters. The van der Waals surface area contributed by atoms with E-state index in [1.807, 2.05) is 7.11 Å². The maximum absolute atomic E-state index is 6.00. The molecular formula is C17H27NO2. The predicted molar refractivity (Wildman–Crippen MR) is 82.0 cm³/mol. The lowest BCUT2D eigenvalue weighted by molar-refractivity contribution is -0.111. The second-order valence-corrected chi connectivity index (χ2v) is 5.62. The van der Waals surface area contributed by atoms with Crippen LogP contribution < -0.4 is 5.32 Å². The first-order valence-electron chi connectivity index (χ1n) is 7.65. The van der Waals surface area contributed by atoms with E-state index in [-0.39, 0.29) is 11.6 Å². The second-order valence-electron chi connectivity index (χ2n) is 5.62. The molecule has 1 aliphatic heterocycles. The van der Waals surface area contributed by atoms with Crippen LogP contribution in [0.4, 0.5) is 0 Å². The molecule has 0 amide bonds. The van der Waals surface area contributed by atoms with Gasteiger partial charge in [-0.1, -0.05) is 31.2 Å². The van der Waals surface area contributed by atoms with Crippen molar-refractivity contribution in [3.8, 4) is 0 Å². The van der Waals surface area contributed by atoms with Crippen LogP contribution in [0.3, 0.4) is 0 Å². The largest absolute Gasteiger partial charge is 0.381 e. The predicted octanol–water partition coefficient (Wildman–Crippen LogP) is 3.23. The zero-order chi connectivity index (χ0) is 14.4. The van der Waals surface area contributed by atoms with E-state index < -0.39 is 0 Å². The van der Waals surface area contributed by atoms with Crippen molar-refractivity contribution < 1.29 is 9.47 Å². The van der Waals surface area contributed by atoms with Crippen molar-refractivity contribution in [2.45, 2.75) is 44.8 Å². The Morgan fingerprint density at radius 3 is 2.60 bits per heavy atom. The summed E-state index contributed by atoms with van der Waals surface area (Å²) in [6, 6.07) is 8.85. The monoisotopic (exact) mass is 277 g/mol.